The van der Waals surface area contributed by atoms with E-state index >= 15 is 0 Å². The van der Waals surface area contributed by atoms with E-state index in [0.717, 1.165) is 12.1 Å². The number of rotatable bonds is 2. The molecule has 1 aliphatic rings. The van der Waals surface area contributed by atoms with Crippen molar-refractivity contribution < 1.29 is 0 Å². The summed E-state index contributed by atoms with van der Waals surface area (Å²) in [7, 11) is 2.07. The minimum absolute atomic E-state index is 0.706. The minimum Gasteiger partial charge on any atom is -0.317 e. The van der Waals surface area contributed by atoms with Crippen LogP contribution in [0, 0.1) is 0 Å². The van der Waals surface area contributed by atoms with Crippen molar-refractivity contribution in [1.82, 2.24) is 10.2 Å². The molecular formula is C10H22N2. The molecule has 1 aliphatic heterocycles. The topological polar surface area (TPSA) is 15.3 Å². The van der Waals surface area contributed by atoms with E-state index in [1.54, 1.807) is 0 Å². The van der Waals surface area contributed by atoms with Crippen LogP contribution < -0.4 is 5.32 Å². The van der Waals surface area contributed by atoms with Gasteiger partial charge in [0.05, 0.1) is 0 Å². The van der Waals surface area contributed by atoms with Crippen LogP contribution in [0.4, 0.5) is 0 Å². The number of hydrogen-bond donors (Lipinski definition) is 1. The second kappa shape index (κ2) is 4.24. The lowest BCUT2D eigenvalue weighted by Gasteiger charge is -2.40. The van der Waals surface area contributed by atoms with Crippen LogP contribution in [0.2, 0.25) is 0 Å². The fourth-order valence-electron chi connectivity index (χ4n) is 2.22. The summed E-state index contributed by atoms with van der Waals surface area (Å²) in [5.74, 6) is 0. The fourth-order valence-corrected chi connectivity index (χ4v) is 2.22. The zero-order chi connectivity index (χ0) is 9.14. The maximum Gasteiger partial charge on any atom is 0.00910 e. The minimum atomic E-state index is 0.706. The normalized spacial score (nSPS) is 32.8. The summed E-state index contributed by atoms with van der Waals surface area (Å²) in [4.78, 5) is 2.59. The molecule has 0 aromatic heterocycles. The number of hydrogen-bond acceptors (Lipinski definition) is 2. The number of nitrogens with zero attached hydrogens (tertiary/aromatic N) is 1. The third-order valence-electron chi connectivity index (χ3n) is 3.00. The second-order valence-corrected chi connectivity index (χ2v) is 4.19. The summed E-state index contributed by atoms with van der Waals surface area (Å²) < 4.78 is 0. The van der Waals surface area contributed by atoms with Crippen LogP contribution in [0.15, 0.2) is 0 Å². The Kier molecular flexibility index (Phi) is 3.53. The van der Waals surface area contributed by atoms with Gasteiger partial charge in [0, 0.05) is 24.7 Å². The molecule has 0 aromatic rings. The lowest BCUT2D eigenvalue weighted by Crippen LogP contribution is -2.49. The predicted molar refractivity (Wildman–Crippen MR) is 53.4 cm³/mol. The highest BCUT2D eigenvalue weighted by atomic mass is 15.2. The van der Waals surface area contributed by atoms with Crippen molar-refractivity contribution in [3.05, 3.63) is 0 Å². The Labute approximate surface area is 76.3 Å². The highest BCUT2D eigenvalue weighted by molar-refractivity contribution is 4.83. The SMILES string of the molecule is CNC1CCN(C(C)C)C(C)C1. The van der Waals surface area contributed by atoms with Gasteiger partial charge in [-0.25, -0.2) is 0 Å². The monoisotopic (exact) mass is 170 g/mol. The van der Waals surface area contributed by atoms with E-state index in [2.05, 4.69) is 38.0 Å². The Hall–Kier alpha value is -0.0800. The van der Waals surface area contributed by atoms with Gasteiger partial charge in [-0.1, -0.05) is 0 Å². The molecule has 0 bridgehead atoms. The van der Waals surface area contributed by atoms with Crippen LogP contribution in [0.3, 0.4) is 0 Å². The lowest BCUT2D eigenvalue weighted by atomic mass is 9.97. The maximum absolute atomic E-state index is 3.37. The fraction of sp³-hybridized carbons (Fsp3) is 1.00. The van der Waals surface area contributed by atoms with Crippen molar-refractivity contribution >= 4 is 0 Å². The van der Waals surface area contributed by atoms with E-state index in [0.29, 0.717) is 6.04 Å². The first-order valence-electron chi connectivity index (χ1n) is 5.08. The second-order valence-electron chi connectivity index (χ2n) is 4.19. The molecule has 0 spiro atoms. The molecule has 0 amide bonds. The molecule has 0 radical (unpaired) electrons. The molecule has 12 heavy (non-hydrogen) atoms. The smallest absolute Gasteiger partial charge is 0.00910 e. The number of likely N-dealkylation sites (tertiary alicyclic amines) is 1. The Bertz CT molecular complexity index is 134. The van der Waals surface area contributed by atoms with Crippen molar-refractivity contribution in [1.29, 1.82) is 0 Å². The number of piperidine rings is 1. The third-order valence-corrected chi connectivity index (χ3v) is 3.00. The molecule has 2 unspecified atom stereocenters. The van der Waals surface area contributed by atoms with Crippen molar-refractivity contribution in [2.45, 2.75) is 51.7 Å². The molecule has 1 heterocycles. The first-order valence-corrected chi connectivity index (χ1v) is 5.08. The average molecular weight is 170 g/mol. The molecule has 1 N–H and O–H groups in total. The van der Waals surface area contributed by atoms with E-state index < -0.39 is 0 Å². The van der Waals surface area contributed by atoms with E-state index in [4.69, 9.17) is 0 Å². The van der Waals surface area contributed by atoms with Crippen molar-refractivity contribution in [3.8, 4) is 0 Å². The first-order chi connectivity index (χ1) is 5.65. The summed E-state index contributed by atoms with van der Waals surface area (Å²) in [6.07, 6.45) is 2.60. The maximum atomic E-state index is 3.37. The first kappa shape index (κ1) is 10.0. The van der Waals surface area contributed by atoms with Crippen LogP contribution in [0.1, 0.15) is 33.6 Å². The Morgan fingerprint density at radius 3 is 2.50 bits per heavy atom. The summed E-state index contributed by atoms with van der Waals surface area (Å²) in [5, 5.41) is 3.37. The molecule has 1 saturated heterocycles. The highest BCUT2D eigenvalue weighted by Crippen LogP contribution is 2.18. The summed E-state index contributed by atoms with van der Waals surface area (Å²) in [5.41, 5.74) is 0. The van der Waals surface area contributed by atoms with Gasteiger partial charge in [0.25, 0.3) is 0 Å². The van der Waals surface area contributed by atoms with Crippen LogP contribution >= 0.6 is 0 Å². The van der Waals surface area contributed by atoms with Crippen LogP contribution in [-0.4, -0.2) is 36.6 Å². The molecule has 1 rings (SSSR count). The molecule has 2 atom stereocenters. The molecule has 0 saturated carbocycles. The van der Waals surface area contributed by atoms with E-state index in [1.807, 2.05) is 0 Å². The summed E-state index contributed by atoms with van der Waals surface area (Å²) in [6.45, 7) is 8.17. The van der Waals surface area contributed by atoms with Crippen LogP contribution in [0.5, 0.6) is 0 Å². The van der Waals surface area contributed by atoms with Gasteiger partial charge < -0.3 is 5.32 Å². The predicted octanol–water partition coefficient (Wildman–Crippen LogP) is 1.47. The molecule has 2 nitrogen and oxygen atoms in total. The molecule has 1 fully saturated rings. The van der Waals surface area contributed by atoms with Crippen LogP contribution in [0.25, 0.3) is 0 Å². The Morgan fingerprint density at radius 1 is 1.42 bits per heavy atom. The van der Waals surface area contributed by atoms with Gasteiger partial charge in [-0.3, -0.25) is 4.90 Å². The van der Waals surface area contributed by atoms with Crippen molar-refractivity contribution in [3.63, 3.8) is 0 Å². The van der Waals surface area contributed by atoms with Gasteiger partial charge in [-0.05, 0) is 40.7 Å². The summed E-state index contributed by atoms with van der Waals surface area (Å²) >= 11 is 0. The van der Waals surface area contributed by atoms with E-state index in [9.17, 15) is 0 Å². The quantitative estimate of drug-likeness (QED) is 0.675. The average Bonchev–Trinajstić information content (AvgIpc) is 2.03. The highest BCUT2D eigenvalue weighted by Gasteiger charge is 2.25. The largest absolute Gasteiger partial charge is 0.317 e. The van der Waals surface area contributed by atoms with Crippen molar-refractivity contribution in [2.24, 2.45) is 0 Å². The zero-order valence-corrected chi connectivity index (χ0v) is 8.80. The molecule has 0 aliphatic carbocycles. The molecular weight excluding hydrogens is 148 g/mol. The number of nitrogens with one attached hydrogen (secondary N) is 1. The standard InChI is InChI=1S/C10H22N2/c1-8(2)12-6-5-10(11-4)7-9(12)3/h8-11H,5-7H2,1-4H3. The van der Waals surface area contributed by atoms with Gasteiger partial charge >= 0.3 is 0 Å². The molecule has 2 heteroatoms. The van der Waals surface area contributed by atoms with E-state index in [1.165, 1.54) is 19.4 Å². The lowest BCUT2D eigenvalue weighted by molar-refractivity contribution is 0.106. The Morgan fingerprint density at radius 2 is 2.08 bits per heavy atom. The third kappa shape index (κ3) is 2.20. The van der Waals surface area contributed by atoms with Crippen molar-refractivity contribution in [2.75, 3.05) is 13.6 Å². The summed E-state index contributed by atoms with van der Waals surface area (Å²) in [6, 6.07) is 2.20. The molecule has 72 valence electrons. The van der Waals surface area contributed by atoms with Gasteiger partial charge in [0.1, 0.15) is 0 Å². The zero-order valence-electron chi connectivity index (χ0n) is 8.80. The molecule has 0 aromatic carbocycles. The van der Waals surface area contributed by atoms with E-state index in [-0.39, 0.29) is 0 Å². The van der Waals surface area contributed by atoms with Gasteiger partial charge in [0.2, 0.25) is 0 Å². The van der Waals surface area contributed by atoms with Gasteiger partial charge in [-0.15, -0.1) is 0 Å². The van der Waals surface area contributed by atoms with Crippen LogP contribution in [-0.2, 0) is 0 Å². The van der Waals surface area contributed by atoms with Gasteiger partial charge in [-0.2, -0.15) is 0 Å². The van der Waals surface area contributed by atoms with Gasteiger partial charge in [0.15, 0.2) is 0 Å². The Balaban J connectivity index is 2.42.